The summed E-state index contributed by atoms with van der Waals surface area (Å²) >= 11 is 0. The summed E-state index contributed by atoms with van der Waals surface area (Å²) in [4.78, 5) is 12.5. The van der Waals surface area contributed by atoms with Gasteiger partial charge in [-0.1, -0.05) is 6.07 Å². The summed E-state index contributed by atoms with van der Waals surface area (Å²) in [7, 11) is 0. The van der Waals surface area contributed by atoms with Crippen LogP contribution in [0.1, 0.15) is 22.8 Å². The van der Waals surface area contributed by atoms with E-state index in [2.05, 4.69) is 4.74 Å². The first-order chi connectivity index (χ1) is 26.1. The highest BCUT2D eigenvalue weighted by molar-refractivity contribution is 5.87. The molecule has 13 N–H and O–H groups in total. The summed E-state index contributed by atoms with van der Waals surface area (Å²) in [6.45, 7) is -1.39. The molecule has 2 fully saturated rings. The van der Waals surface area contributed by atoms with E-state index >= 15 is 0 Å². The van der Waals surface area contributed by atoms with Crippen molar-refractivity contribution in [2.75, 3.05) is 13.2 Å². The fourth-order valence-electron chi connectivity index (χ4n) is 6.02. The number of aliphatic hydroxyl groups excluding tert-OH is 7. The molecule has 19 nitrogen and oxygen atoms in total. The molecule has 0 aromatic heterocycles. The van der Waals surface area contributed by atoms with E-state index in [-0.39, 0.29) is 39.9 Å². The van der Waals surface area contributed by atoms with Crippen molar-refractivity contribution < 1.29 is 94.5 Å². The molecule has 3 aliphatic rings. The summed E-state index contributed by atoms with van der Waals surface area (Å²) in [5.74, 6) is -3.42. The predicted molar refractivity (Wildman–Crippen MR) is 182 cm³/mol. The van der Waals surface area contributed by atoms with Gasteiger partial charge in [-0.25, -0.2) is 4.79 Å². The second-order valence-corrected chi connectivity index (χ2v) is 12.9. The van der Waals surface area contributed by atoms with Gasteiger partial charge in [-0.15, -0.1) is 0 Å². The minimum absolute atomic E-state index is 0.0467. The molecule has 296 valence electrons. The van der Waals surface area contributed by atoms with Crippen molar-refractivity contribution >= 4 is 18.1 Å². The van der Waals surface area contributed by atoms with Gasteiger partial charge < -0.3 is 89.7 Å². The van der Waals surface area contributed by atoms with E-state index in [1.165, 1.54) is 48.6 Å². The lowest BCUT2D eigenvalue weighted by Gasteiger charge is -2.41. The van der Waals surface area contributed by atoms with Crippen molar-refractivity contribution in [2.45, 2.75) is 67.5 Å². The minimum Gasteiger partial charge on any atom is -0.571 e. The van der Waals surface area contributed by atoms with Crippen LogP contribution in [0.5, 0.6) is 40.2 Å². The van der Waals surface area contributed by atoms with Gasteiger partial charge >= 0.3 is 5.97 Å². The minimum atomic E-state index is -1.91. The first-order valence-electron chi connectivity index (χ1n) is 16.7. The van der Waals surface area contributed by atoms with E-state index in [0.29, 0.717) is 5.56 Å². The van der Waals surface area contributed by atoms with Crippen LogP contribution in [0.2, 0.25) is 0 Å². The Balaban J connectivity index is 1.27. The standard InChI is InChI=1S/C36H38O19/c37-12-25-28(44)30(46)32(48)35(54-25)52-23-10-16(38)9-22-17(23)11-24(34(51-22)15-3-5-19(40)21(42)8-15)53-36-33(49)31(47)29(45)26(55-36)13-50-27(43)6-2-14-1-4-18(39)20(41)7-14/h1-11,25-26,28-42,44-49H,12-13H2/p+1/t25-,26-,28-,29-,30+,31+,32-,33-,34?,35-,36-/m0/s1. The molecule has 6 rings (SSSR count). The molecule has 3 aromatic carbocycles. The largest absolute Gasteiger partial charge is 0.571 e. The number of hydrogen-bond acceptors (Lipinski definition) is 18. The van der Waals surface area contributed by atoms with Crippen LogP contribution in [0, 0.1) is 0 Å². The molecule has 0 amide bonds. The predicted octanol–water partition coefficient (Wildman–Crippen LogP) is -1.19. The number of esters is 1. The van der Waals surface area contributed by atoms with Crippen LogP contribution in [0.15, 0.2) is 60.4 Å². The van der Waals surface area contributed by atoms with Gasteiger partial charge in [-0.3, -0.25) is 0 Å². The Morgan fingerprint density at radius 1 is 0.709 bits per heavy atom. The average Bonchev–Trinajstić information content (AvgIpc) is 3.16. The normalized spacial score (nSPS) is 30.5. The second kappa shape index (κ2) is 16.2. The third-order valence-corrected chi connectivity index (χ3v) is 9.06. The molecule has 3 heterocycles. The Morgan fingerprint density at radius 3 is 1.98 bits per heavy atom. The number of aliphatic hydroxyl groups is 8. The smallest absolute Gasteiger partial charge is 0.330 e. The Morgan fingerprint density at radius 2 is 1.33 bits per heavy atom. The third-order valence-electron chi connectivity index (χ3n) is 9.06. The maximum atomic E-state index is 12.5. The number of phenolic OH excluding ortho intramolecular Hbond substituents is 5. The van der Waals surface area contributed by atoms with Crippen LogP contribution < -0.4 is 4.74 Å². The monoisotopic (exact) mass is 775 g/mol. The highest BCUT2D eigenvalue weighted by Gasteiger charge is 2.48. The Labute approximate surface area is 310 Å². The van der Waals surface area contributed by atoms with Crippen molar-refractivity contribution in [3.63, 3.8) is 0 Å². The Kier molecular flexibility index (Phi) is 11.6. The van der Waals surface area contributed by atoms with E-state index in [0.717, 1.165) is 18.2 Å². The Bertz CT molecular complexity index is 1930. The van der Waals surface area contributed by atoms with E-state index in [9.17, 15) is 66.1 Å². The van der Waals surface area contributed by atoms with Crippen LogP contribution in [-0.2, 0) is 23.7 Å². The molecule has 3 aliphatic heterocycles. The van der Waals surface area contributed by atoms with Crippen molar-refractivity contribution in [1.82, 2.24) is 0 Å². The lowest BCUT2D eigenvalue weighted by molar-refractivity contribution is -0.296. The number of carbonyl (C=O) groups excluding carboxylic acids is 1. The summed E-state index contributed by atoms with van der Waals surface area (Å²) in [5.41, 5.74) is 0.612. The zero-order valence-corrected chi connectivity index (χ0v) is 28.4. The van der Waals surface area contributed by atoms with E-state index in [1.807, 2.05) is 0 Å². The lowest BCUT2D eigenvalue weighted by Crippen LogP contribution is -2.60. The molecule has 1 unspecified atom stereocenters. The summed E-state index contributed by atoms with van der Waals surface area (Å²) in [6.07, 6.45) is -14.8. The van der Waals surface area contributed by atoms with E-state index < -0.39 is 104 Å². The molecule has 19 heteroatoms. The van der Waals surface area contributed by atoms with Gasteiger partial charge in [-0.2, -0.15) is 0 Å². The molecule has 11 atom stereocenters. The topological polar surface area (TPSA) is 319 Å². The van der Waals surface area contributed by atoms with Crippen LogP contribution >= 0.6 is 0 Å². The highest BCUT2D eigenvalue weighted by Crippen LogP contribution is 2.47. The second-order valence-electron chi connectivity index (χ2n) is 12.9. The number of ether oxygens (including phenoxy) is 6. The highest BCUT2D eigenvalue weighted by atomic mass is 16.7. The number of fused-ring (bicyclic) bond motifs is 1. The fraction of sp³-hybridized carbons (Fsp3) is 0.361. The van der Waals surface area contributed by atoms with Crippen LogP contribution in [-0.4, -0.2) is 147 Å². The van der Waals surface area contributed by atoms with Gasteiger partial charge in [0.05, 0.1) is 18.2 Å². The average molecular weight is 776 g/mol. The van der Waals surface area contributed by atoms with Gasteiger partial charge in [0.25, 0.3) is 11.9 Å². The third kappa shape index (κ3) is 8.34. The quantitative estimate of drug-likeness (QED) is 0.0499. The Hall–Kier alpha value is -5.35. The maximum absolute atomic E-state index is 12.5. The lowest BCUT2D eigenvalue weighted by atomic mass is 9.98. The first-order valence-corrected chi connectivity index (χ1v) is 16.7. The first kappa shape index (κ1) is 39.3. The van der Waals surface area contributed by atoms with Gasteiger partial charge in [0.15, 0.2) is 28.8 Å². The molecule has 0 aliphatic carbocycles. The van der Waals surface area contributed by atoms with Crippen molar-refractivity contribution in [1.29, 1.82) is 0 Å². The molecule has 2 saturated heterocycles. The number of aromatic hydroxyl groups is 6. The molecule has 3 aromatic rings. The number of phenols is 5. The molecular formula is C36H39O19+. The van der Waals surface area contributed by atoms with Crippen LogP contribution in [0.25, 0.3) is 12.2 Å². The van der Waals surface area contributed by atoms with Gasteiger partial charge in [0.1, 0.15) is 72.5 Å². The number of rotatable bonds is 10. The van der Waals surface area contributed by atoms with Crippen molar-refractivity contribution in [3.05, 3.63) is 77.1 Å². The number of hydrogen-bond donors (Lipinski definition) is 12. The number of benzene rings is 3. The number of carbonyl (C=O) groups is 1. The van der Waals surface area contributed by atoms with Gasteiger partial charge in [0, 0.05) is 18.2 Å². The molecule has 0 bridgehead atoms. The van der Waals surface area contributed by atoms with E-state index in [4.69, 9.17) is 23.7 Å². The fourth-order valence-corrected chi connectivity index (χ4v) is 6.02. The molecular weight excluding hydrogens is 736 g/mol. The van der Waals surface area contributed by atoms with Crippen molar-refractivity contribution in [2.24, 2.45) is 0 Å². The summed E-state index contributed by atoms with van der Waals surface area (Å²) in [5, 5.41) is 123. The van der Waals surface area contributed by atoms with Crippen LogP contribution in [0.3, 0.4) is 0 Å². The van der Waals surface area contributed by atoms with Crippen LogP contribution in [0.4, 0.5) is 0 Å². The van der Waals surface area contributed by atoms with E-state index in [1.54, 1.807) is 0 Å². The zero-order chi connectivity index (χ0) is 39.7. The van der Waals surface area contributed by atoms with Gasteiger partial charge in [-0.05, 0) is 42.0 Å². The summed E-state index contributed by atoms with van der Waals surface area (Å²) in [6, 6.07) is 9.85. The van der Waals surface area contributed by atoms with Gasteiger partial charge in [0.2, 0.25) is 12.6 Å². The molecule has 0 saturated carbocycles. The summed E-state index contributed by atoms with van der Waals surface area (Å²) < 4.78 is 32.9. The molecule has 0 radical (unpaired) electrons. The zero-order valence-electron chi connectivity index (χ0n) is 28.4. The SMILES string of the molecule is O=C(C=Cc1ccc(O)c(O)c1)OC[C@@H]1O[C@H](OC2=Cc3c(O[C@H]4O[C@@H](CO)[C@H](O)[C@@H](O)[C@@H]4O)cc(O)cc3[OH+]C2c2ccc(O)c(O)c2)[C@@H](O)[C@H](O)[C@H]1O. The molecule has 0 spiro atoms. The van der Waals surface area contributed by atoms with Crippen molar-refractivity contribution in [3.8, 4) is 40.2 Å². The maximum Gasteiger partial charge on any atom is 0.330 e. The molecule has 55 heavy (non-hydrogen) atoms.